The molecule has 1 aromatic carbocycles. The summed E-state index contributed by atoms with van der Waals surface area (Å²) in [6.07, 6.45) is 4.92. The molecule has 3 heterocycles. The average molecular weight is 358 g/mol. The van der Waals surface area contributed by atoms with Gasteiger partial charge in [-0.05, 0) is 30.9 Å². The Labute approximate surface area is 150 Å². The summed E-state index contributed by atoms with van der Waals surface area (Å²) in [6.45, 7) is 1.41. The van der Waals surface area contributed by atoms with E-state index in [1.165, 1.54) is 6.42 Å². The minimum absolute atomic E-state index is 0.0593. The number of aromatic nitrogens is 3. The van der Waals surface area contributed by atoms with E-state index in [-0.39, 0.29) is 6.10 Å². The highest BCUT2D eigenvalue weighted by Crippen LogP contribution is 2.33. The lowest BCUT2D eigenvalue weighted by atomic mass is 10.0. The number of aromatic amines is 1. The maximum atomic E-state index is 5.97. The first-order valence-corrected chi connectivity index (χ1v) is 8.82. The van der Waals surface area contributed by atoms with Gasteiger partial charge >= 0.3 is 0 Å². The van der Waals surface area contributed by atoms with E-state index in [9.17, 15) is 0 Å². The van der Waals surface area contributed by atoms with E-state index in [4.69, 9.17) is 22.1 Å². The molecular weight excluding hydrogens is 338 g/mol. The third-order valence-corrected chi connectivity index (χ3v) is 4.77. The predicted molar refractivity (Wildman–Crippen MR) is 99.6 cm³/mol. The van der Waals surface area contributed by atoms with Crippen molar-refractivity contribution in [1.82, 2.24) is 15.2 Å². The Morgan fingerprint density at radius 2 is 2.28 bits per heavy atom. The maximum Gasteiger partial charge on any atom is 0.131 e. The van der Waals surface area contributed by atoms with Crippen LogP contribution in [-0.4, -0.2) is 21.8 Å². The minimum atomic E-state index is 0.0593. The number of pyridine rings is 1. The number of fused-ring (bicyclic) bond motifs is 1. The number of ether oxygens (including phenoxy) is 1. The van der Waals surface area contributed by atoms with Crippen molar-refractivity contribution in [3.63, 3.8) is 0 Å². The number of anilines is 2. The van der Waals surface area contributed by atoms with Crippen molar-refractivity contribution >= 4 is 33.9 Å². The van der Waals surface area contributed by atoms with Crippen LogP contribution in [0.3, 0.4) is 0 Å². The van der Waals surface area contributed by atoms with Crippen molar-refractivity contribution in [2.45, 2.75) is 31.9 Å². The van der Waals surface area contributed by atoms with E-state index >= 15 is 0 Å². The highest BCUT2D eigenvalue weighted by Gasteiger charge is 2.22. The number of nitrogen functional groups attached to an aromatic ring is 1. The van der Waals surface area contributed by atoms with Gasteiger partial charge in [0.2, 0.25) is 0 Å². The second-order valence-corrected chi connectivity index (χ2v) is 6.64. The van der Waals surface area contributed by atoms with Gasteiger partial charge in [-0.3, -0.25) is 5.10 Å². The van der Waals surface area contributed by atoms with E-state index in [2.05, 4.69) is 26.6 Å². The second-order valence-electron chi connectivity index (χ2n) is 6.25. The van der Waals surface area contributed by atoms with Crippen LogP contribution in [0.25, 0.3) is 10.9 Å². The summed E-state index contributed by atoms with van der Waals surface area (Å²) in [5, 5.41) is 12.6. The third kappa shape index (κ3) is 3.27. The minimum Gasteiger partial charge on any atom is -0.396 e. The molecule has 3 aromatic rings. The monoisotopic (exact) mass is 357 g/mol. The summed E-state index contributed by atoms with van der Waals surface area (Å²) in [4.78, 5) is 3.98. The number of H-pyrrole nitrogens is 1. The summed E-state index contributed by atoms with van der Waals surface area (Å²) < 4.78 is 5.93. The molecule has 0 saturated carbocycles. The first-order chi connectivity index (χ1) is 12.2. The van der Waals surface area contributed by atoms with Crippen LogP contribution < -0.4 is 11.1 Å². The van der Waals surface area contributed by atoms with E-state index in [0.29, 0.717) is 17.4 Å². The van der Waals surface area contributed by atoms with Crippen LogP contribution in [0.15, 0.2) is 30.5 Å². The van der Waals surface area contributed by atoms with Crippen molar-refractivity contribution in [3.05, 3.63) is 46.9 Å². The molecule has 4 N–H and O–H groups in total. The molecule has 130 valence electrons. The topological polar surface area (TPSA) is 88.8 Å². The van der Waals surface area contributed by atoms with Gasteiger partial charge in [-0.2, -0.15) is 5.10 Å². The van der Waals surface area contributed by atoms with Gasteiger partial charge in [-0.1, -0.05) is 23.7 Å². The molecule has 1 saturated heterocycles. The third-order valence-electron chi connectivity index (χ3n) is 4.56. The smallest absolute Gasteiger partial charge is 0.131 e. The second kappa shape index (κ2) is 6.90. The van der Waals surface area contributed by atoms with Gasteiger partial charge in [0.15, 0.2) is 0 Å². The lowest BCUT2D eigenvalue weighted by molar-refractivity contribution is 0.0131. The summed E-state index contributed by atoms with van der Waals surface area (Å²) in [7, 11) is 0. The fourth-order valence-corrected chi connectivity index (χ4v) is 3.45. The highest BCUT2D eigenvalue weighted by atomic mass is 35.5. The normalized spacial score (nSPS) is 17.7. The number of nitrogens with two attached hydrogens (primary N) is 1. The average Bonchev–Trinajstić information content (AvgIpc) is 3.08. The number of halogens is 1. The fourth-order valence-electron chi connectivity index (χ4n) is 3.29. The molecule has 1 atom stereocenters. The zero-order chi connectivity index (χ0) is 17.2. The summed E-state index contributed by atoms with van der Waals surface area (Å²) in [5.41, 5.74) is 10.5. The van der Waals surface area contributed by atoms with E-state index < -0.39 is 0 Å². The molecule has 0 amide bonds. The van der Waals surface area contributed by atoms with Crippen molar-refractivity contribution in [1.29, 1.82) is 0 Å². The van der Waals surface area contributed by atoms with Crippen LogP contribution in [-0.2, 0) is 11.3 Å². The molecule has 1 unspecified atom stereocenters. The Balaban J connectivity index is 1.65. The molecule has 0 radical (unpaired) electrons. The van der Waals surface area contributed by atoms with Crippen molar-refractivity contribution in [2.75, 3.05) is 17.7 Å². The van der Waals surface area contributed by atoms with Crippen molar-refractivity contribution in [2.24, 2.45) is 0 Å². The molecule has 0 bridgehead atoms. The van der Waals surface area contributed by atoms with Crippen LogP contribution in [0.1, 0.15) is 36.6 Å². The molecular formula is C18H20ClN5O. The van der Waals surface area contributed by atoms with E-state index in [1.807, 2.05) is 12.1 Å². The van der Waals surface area contributed by atoms with Crippen molar-refractivity contribution in [3.8, 4) is 0 Å². The first kappa shape index (κ1) is 16.2. The molecule has 2 aromatic heterocycles. The Kier molecular flexibility index (Phi) is 4.46. The fraction of sp³-hybridized carbons (Fsp3) is 0.333. The van der Waals surface area contributed by atoms with Gasteiger partial charge in [0.25, 0.3) is 0 Å². The van der Waals surface area contributed by atoms with Gasteiger partial charge in [-0.25, -0.2) is 4.98 Å². The van der Waals surface area contributed by atoms with Crippen molar-refractivity contribution < 1.29 is 4.74 Å². The standard InChI is InChI=1S/C18H20ClN5O/c19-16-8-14(12(20)10-22-16)21-9-11-4-3-5-13-17(11)18(24-23-13)15-6-1-2-7-25-15/h3-5,8,10,15H,1-2,6-7,9,20H2,(H,21,22)(H,23,24). The largest absolute Gasteiger partial charge is 0.396 e. The maximum absolute atomic E-state index is 5.97. The van der Waals surface area contributed by atoms with Crippen LogP contribution in [0.5, 0.6) is 0 Å². The number of nitrogens with zero attached hydrogens (tertiary/aromatic N) is 2. The van der Waals surface area contributed by atoms with Gasteiger partial charge in [0, 0.05) is 24.6 Å². The Bertz CT molecular complexity index is 888. The van der Waals surface area contributed by atoms with Crippen LogP contribution in [0.4, 0.5) is 11.4 Å². The summed E-state index contributed by atoms with van der Waals surface area (Å²) in [5.74, 6) is 0. The number of benzene rings is 1. The number of hydrogen-bond acceptors (Lipinski definition) is 5. The molecule has 4 rings (SSSR count). The molecule has 6 nitrogen and oxygen atoms in total. The van der Waals surface area contributed by atoms with Gasteiger partial charge in [0.1, 0.15) is 11.3 Å². The Morgan fingerprint density at radius 1 is 1.36 bits per heavy atom. The molecule has 1 fully saturated rings. The number of nitrogens with one attached hydrogen (secondary N) is 2. The molecule has 25 heavy (non-hydrogen) atoms. The van der Waals surface area contributed by atoms with E-state index in [0.717, 1.165) is 47.3 Å². The van der Waals surface area contributed by atoms with Crippen LogP contribution in [0.2, 0.25) is 5.15 Å². The molecule has 7 heteroatoms. The SMILES string of the molecule is Nc1cnc(Cl)cc1NCc1cccc2[nH]nc(C3CCCCO3)c12. The number of hydrogen-bond donors (Lipinski definition) is 3. The number of rotatable bonds is 4. The zero-order valence-corrected chi connectivity index (χ0v) is 14.5. The summed E-state index contributed by atoms with van der Waals surface area (Å²) >= 11 is 5.96. The van der Waals surface area contributed by atoms with Crippen LogP contribution >= 0.6 is 11.6 Å². The van der Waals surface area contributed by atoms with E-state index in [1.54, 1.807) is 12.3 Å². The lowest BCUT2D eigenvalue weighted by Gasteiger charge is -2.21. The Morgan fingerprint density at radius 3 is 3.12 bits per heavy atom. The zero-order valence-electron chi connectivity index (χ0n) is 13.8. The predicted octanol–water partition coefficient (Wildman–Crippen LogP) is 4.05. The van der Waals surface area contributed by atoms with Gasteiger partial charge in [-0.15, -0.1) is 0 Å². The first-order valence-electron chi connectivity index (χ1n) is 8.45. The van der Waals surface area contributed by atoms with Crippen LogP contribution in [0, 0.1) is 0 Å². The van der Waals surface area contributed by atoms with Gasteiger partial charge < -0.3 is 15.8 Å². The Hall–Kier alpha value is -2.31. The highest BCUT2D eigenvalue weighted by molar-refractivity contribution is 6.29. The quantitative estimate of drug-likeness (QED) is 0.613. The molecule has 1 aliphatic heterocycles. The molecule has 0 aliphatic carbocycles. The lowest BCUT2D eigenvalue weighted by Crippen LogP contribution is -2.12. The summed E-state index contributed by atoms with van der Waals surface area (Å²) in [6, 6.07) is 7.88. The molecule has 1 aliphatic rings. The molecule has 0 spiro atoms. The van der Waals surface area contributed by atoms with Gasteiger partial charge in [0.05, 0.1) is 28.8 Å².